The molecule has 1 heterocycles. The number of likely N-dealkylation sites (tertiary alicyclic amines) is 1. The SMILES string of the molecule is CC(CCCNC(C)(C)C)OCC1CCCCN1C. The van der Waals surface area contributed by atoms with Crippen molar-refractivity contribution in [2.45, 2.75) is 77.5 Å². The Balaban J connectivity index is 2.05. The van der Waals surface area contributed by atoms with Gasteiger partial charge in [0.2, 0.25) is 0 Å². The molecule has 0 amide bonds. The molecule has 3 nitrogen and oxygen atoms in total. The molecule has 0 aliphatic carbocycles. The lowest BCUT2D eigenvalue weighted by molar-refractivity contribution is 0.00780. The molecule has 1 aliphatic rings. The Bertz CT molecular complexity index is 237. The lowest BCUT2D eigenvalue weighted by atomic mass is 10.0. The van der Waals surface area contributed by atoms with E-state index in [1.165, 1.54) is 32.2 Å². The summed E-state index contributed by atoms with van der Waals surface area (Å²) in [7, 11) is 2.23. The second kappa shape index (κ2) is 8.23. The third-order valence-electron chi connectivity index (χ3n) is 3.94. The highest BCUT2D eigenvalue weighted by molar-refractivity contribution is 4.74. The molecule has 2 atom stereocenters. The van der Waals surface area contributed by atoms with Crippen molar-refractivity contribution in [2.24, 2.45) is 0 Å². The maximum atomic E-state index is 6.01. The van der Waals surface area contributed by atoms with Crippen LogP contribution in [0.2, 0.25) is 0 Å². The fourth-order valence-corrected chi connectivity index (χ4v) is 2.57. The molecule has 1 saturated heterocycles. The molecule has 0 aromatic carbocycles. The van der Waals surface area contributed by atoms with Crippen LogP contribution in [0.5, 0.6) is 0 Å². The molecule has 0 aromatic rings. The van der Waals surface area contributed by atoms with Crippen molar-refractivity contribution in [1.82, 2.24) is 10.2 Å². The minimum atomic E-state index is 0.231. The Morgan fingerprint density at radius 1 is 1.32 bits per heavy atom. The predicted molar refractivity (Wildman–Crippen MR) is 82.7 cm³/mol. The maximum absolute atomic E-state index is 6.01. The van der Waals surface area contributed by atoms with E-state index in [4.69, 9.17) is 4.74 Å². The minimum Gasteiger partial charge on any atom is -0.377 e. The number of nitrogens with zero attached hydrogens (tertiary/aromatic N) is 1. The van der Waals surface area contributed by atoms with E-state index >= 15 is 0 Å². The summed E-state index contributed by atoms with van der Waals surface area (Å²) in [5, 5.41) is 3.53. The summed E-state index contributed by atoms with van der Waals surface area (Å²) in [6.07, 6.45) is 6.74. The van der Waals surface area contributed by atoms with Crippen LogP contribution in [0.1, 0.15) is 59.8 Å². The highest BCUT2D eigenvalue weighted by atomic mass is 16.5. The third kappa shape index (κ3) is 7.91. The molecule has 19 heavy (non-hydrogen) atoms. The van der Waals surface area contributed by atoms with Crippen LogP contribution in [0.25, 0.3) is 0 Å². The molecule has 0 bridgehead atoms. The normalized spacial score (nSPS) is 23.5. The van der Waals surface area contributed by atoms with Gasteiger partial charge in [-0.15, -0.1) is 0 Å². The van der Waals surface area contributed by atoms with E-state index in [9.17, 15) is 0 Å². The highest BCUT2D eigenvalue weighted by Gasteiger charge is 2.19. The first-order chi connectivity index (χ1) is 8.88. The van der Waals surface area contributed by atoms with E-state index in [0.717, 1.165) is 19.6 Å². The molecule has 0 radical (unpaired) electrons. The van der Waals surface area contributed by atoms with Crippen LogP contribution < -0.4 is 5.32 Å². The average molecular weight is 270 g/mol. The van der Waals surface area contributed by atoms with Crippen LogP contribution in [-0.2, 0) is 4.74 Å². The largest absolute Gasteiger partial charge is 0.377 e. The topological polar surface area (TPSA) is 24.5 Å². The van der Waals surface area contributed by atoms with Gasteiger partial charge in [0, 0.05) is 11.6 Å². The van der Waals surface area contributed by atoms with Crippen LogP contribution >= 0.6 is 0 Å². The summed E-state index contributed by atoms with van der Waals surface area (Å²) in [5.74, 6) is 0. The summed E-state index contributed by atoms with van der Waals surface area (Å²) in [6, 6.07) is 0.643. The first-order valence-electron chi connectivity index (χ1n) is 7.95. The number of hydrogen-bond donors (Lipinski definition) is 1. The van der Waals surface area contributed by atoms with Gasteiger partial charge in [-0.1, -0.05) is 6.42 Å². The molecule has 1 rings (SSSR count). The Morgan fingerprint density at radius 3 is 2.68 bits per heavy atom. The lowest BCUT2D eigenvalue weighted by Crippen LogP contribution is -2.40. The smallest absolute Gasteiger partial charge is 0.0625 e. The second-order valence-electron chi connectivity index (χ2n) is 7.09. The van der Waals surface area contributed by atoms with Crippen molar-refractivity contribution in [3.63, 3.8) is 0 Å². The number of nitrogens with one attached hydrogen (secondary N) is 1. The monoisotopic (exact) mass is 270 g/mol. The molecular formula is C16H34N2O. The van der Waals surface area contributed by atoms with Gasteiger partial charge in [0.1, 0.15) is 0 Å². The number of ether oxygens (including phenoxy) is 1. The molecule has 0 spiro atoms. The first-order valence-corrected chi connectivity index (χ1v) is 7.95. The van der Waals surface area contributed by atoms with Gasteiger partial charge in [0.05, 0.1) is 12.7 Å². The van der Waals surface area contributed by atoms with Gasteiger partial charge in [0.25, 0.3) is 0 Å². The van der Waals surface area contributed by atoms with Crippen molar-refractivity contribution in [2.75, 3.05) is 26.7 Å². The zero-order valence-corrected chi connectivity index (χ0v) is 13.7. The van der Waals surface area contributed by atoms with E-state index in [1.807, 2.05) is 0 Å². The summed E-state index contributed by atoms with van der Waals surface area (Å²) in [6.45, 7) is 12.1. The van der Waals surface area contributed by atoms with Crippen LogP contribution in [-0.4, -0.2) is 49.3 Å². The van der Waals surface area contributed by atoms with Gasteiger partial charge in [-0.25, -0.2) is 0 Å². The van der Waals surface area contributed by atoms with Crippen molar-refractivity contribution in [3.05, 3.63) is 0 Å². The van der Waals surface area contributed by atoms with Crippen LogP contribution in [0, 0.1) is 0 Å². The van der Waals surface area contributed by atoms with Crippen molar-refractivity contribution in [3.8, 4) is 0 Å². The van der Waals surface area contributed by atoms with Gasteiger partial charge in [0.15, 0.2) is 0 Å². The molecular weight excluding hydrogens is 236 g/mol. The molecule has 0 saturated carbocycles. The van der Waals surface area contributed by atoms with E-state index < -0.39 is 0 Å². The molecule has 2 unspecified atom stereocenters. The van der Waals surface area contributed by atoms with Crippen molar-refractivity contribution in [1.29, 1.82) is 0 Å². The zero-order chi connectivity index (χ0) is 14.3. The standard InChI is InChI=1S/C16H34N2O/c1-14(9-8-11-17-16(2,3)4)19-13-15-10-6-7-12-18(15)5/h14-15,17H,6-13H2,1-5H3. The zero-order valence-electron chi connectivity index (χ0n) is 13.7. The second-order valence-corrected chi connectivity index (χ2v) is 7.09. The Hall–Kier alpha value is -0.120. The van der Waals surface area contributed by atoms with Crippen LogP contribution in [0.4, 0.5) is 0 Å². The van der Waals surface area contributed by atoms with Gasteiger partial charge < -0.3 is 15.0 Å². The predicted octanol–water partition coefficient (Wildman–Crippen LogP) is 3.04. The fourth-order valence-electron chi connectivity index (χ4n) is 2.57. The summed E-state index contributed by atoms with van der Waals surface area (Å²) in [4.78, 5) is 2.46. The number of piperidine rings is 1. The van der Waals surface area contributed by atoms with Crippen LogP contribution in [0.15, 0.2) is 0 Å². The van der Waals surface area contributed by atoms with Crippen LogP contribution in [0.3, 0.4) is 0 Å². The maximum Gasteiger partial charge on any atom is 0.0625 e. The van der Waals surface area contributed by atoms with Crippen molar-refractivity contribution >= 4 is 0 Å². The Morgan fingerprint density at radius 2 is 2.05 bits per heavy atom. The fraction of sp³-hybridized carbons (Fsp3) is 1.00. The molecule has 3 heteroatoms. The molecule has 1 fully saturated rings. The van der Waals surface area contributed by atoms with E-state index in [2.05, 4.69) is 45.0 Å². The average Bonchev–Trinajstić information content (AvgIpc) is 2.32. The first kappa shape index (κ1) is 16.9. The quantitative estimate of drug-likeness (QED) is 0.720. The van der Waals surface area contributed by atoms with E-state index in [-0.39, 0.29) is 5.54 Å². The van der Waals surface area contributed by atoms with Gasteiger partial charge in [-0.05, 0) is 73.5 Å². The molecule has 0 aromatic heterocycles. The van der Waals surface area contributed by atoms with Crippen molar-refractivity contribution < 1.29 is 4.74 Å². The summed E-state index contributed by atoms with van der Waals surface area (Å²) in [5.41, 5.74) is 0.231. The molecule has 1 aliphatic heterocycles. The van der Waals surface area contributed by atoms with Gasteiger partial charge >= 0.3 is 0 Å². The number of hydrogen-bond acceptors (Lipinski definition) is 3. The lowest BCUT2D eigenvalue weighted by Gasteiger charge is -2.33. The number of likely N-dealkylation sites (N-methyl/N-ethyl adjacent to an activating group) is 1. The number of rotatable bonds is 7. The molecule has 1 N–H and O–H groups in total. The minimum absolute atomic E-state index is 0.231. The highest BCUT2D eigenvalue weighted by Crippen LogP contribution is 2.16. The Labute approximate surface area is 120 Å². The van der Waals surface area contributed by atoms with Gasteiger partial charge in [-0.2, -0.15) is 0 Å². The summed E-state index contributed by atoms with van der Waals surface area (Å²) < 4.78 is 6.01. The molecule has 114 valence electrons. The summed E-state index contributed by atoms with van der Waals surface area (Å²) >= 11 is 0. The van der Waals surface area contributed by atoms with E-state index in [0.29, 0.717) is 12.1 Å². The van der Waals surface area contributed by atoms with Gasteiger partial charge in [-0.3, -0.25) is 0 Å². The van der Waals surface area contributed by atoms with E-state index in [1.54, 1.807) is 0 Å². The third-order valence-corrected chi connectivity index (χ3v) is 3.94. The Kier molecular flexibility index (Phi) is 7.33.